The van der Waals surface area contributed by atoms with E-state index in [1.165, 1.54) is 0 Å². The first kappa shape index (κ1) is 16.0. The molecule has 120 valence electrons. The molecule has 1 N–H and O–H groups in total. The molecule has 2 aromatic carbocycles. The van der Waals surface area contributed by atoms with Gasteiger partial charge >= 0.3 is 0 Å². The van der Waals surface area contributed by atoms with Crippen LogP contribution in [0, 0.1) is 17.2 Å². The number of halogens is 1. The van der Waals surface area contributed by atoms with Gasteiger partial charge in [0.15, 0.2) is 0 Å². The topological polar surface area (TPSA) is 73.2 Å². The number of carbonyl (C=O) groups is 2. The molecule has 24 heavy (non-hydrogen) atoms. The van der Waals surface area contributed by atoms with Crippen molar-refractivity contribution in [1.29, 1.82) is 5.26 Å². The molecule has 0 unspecified atom stereocenters. The van der Waals surface area contributed by atoms with Gasteiger partial charge in [-0.1, -0.05) is 11.6 Å². The summed E-state index contributed by atoms with van der Waals surface area (Å²) < 4.78 is 0. The number of nitriles is 1. The van der Waals surface area contributed by atoms with E-state index in [2.05, 4.69) is 5.32 Å². The molecular weight excluding hydrogens is 326 g/mol. The van der Waals surface area contributed by atoms with Crippen molar-refractivity contribution in [3.63, 3.8) is 0 Å². The van der Waals surface area contributed by atoms with Crippen LogP contribution in [0.2, 0.25) is 5.02 Å². The molecule has 5 nitrogen and oxygen atoms in total. The standard InChI is InChI=1S/C18H14ClN3O2/c19-14-3-7-16(8-4-14)22-11-13(9-17(22)23)18(24)21-15-5-1-12(10-20)2-6-15/h1-8,13H,9,11H2,(H,21,24)/t13-/m0/s1. The van der Waals surface area contributed by atoms with Crippen molar-refractivity contribution in [3.8, 4) is 6.07 Å². The molecule has 0 saturated carbocycles. The van der Waals surface area contributed by atoms with Crippen molar-refractivity contribution in [3.05, 3.63) is 59.1 Å². The number of nitrogens with one attached hydrogen (secondary N) is 1. The molecule has 1 fully saturated rings. The second kappa shape index (κ2) is 6.73. The van der Waals surface area contributed by atoms with Crippen LogP contribution in [0.25, 0.3) is 0 Å². The second-order valence-electron chi connectivity index (χ2n) is 5.56. The van der Waals surface area contributed by atoms with E-state index in [0.717, 1.165) is 5.69 Å². The van der Waals surface area contributed by atoms with Crippen molar-refractivity contribution in [1.82, 2.24) is 0 Å². The molecule has 3 rings (SSSR count). The van der Waals surface area contributed by atoms with Gasteiger partial charge < -0.3 is 10.2 Å². The maximum atomic E-state index is 12.4. The minimum absolute atomic E-state index is 0.0858. The quantitative estimate of drug-likeness (QED) is 0.933. The summed E-state index contributed by atoms with van der Waals surface area (Å²) in [5.41, 5.74) is 1.87. The van der Waals surface area contributed by atoms with E-state index in [-0.39, 0.29) is 18.2 Å². The Morgan fingerprint density at radius 1 is 1.17 bits per heavy atom. The Balaban J connectivity index is 1.67. The number of anilines is 2. The molecule has 1 aliphatic heterocycles. The van der Waals surface area contributed by atoms with Crippen LogP contribution in [0.1, 0.15) is 12.0 Å². The Kier molecular flexibility index (Phi) is 4.50. The first-order valence-electron chi connectivity index (χ1n) is 7.44. The summed E-state index contributed by atoms with van der Waals surface area (Å²) in [5.74, 6) is -0.703. The minimum Gasteiger partial charge on any atom is -0.326 e. The number of benzene rings is 2. The lowest BCUT2D eigenvalue weighted by Gasteiger charge is -2.16. The lowest BCUT2D eigenvalue weighted by atomic mass is 10.1. The average Bonchev–Trinajstić information content (AvgIpc) is 2.98. The lowest BCUT2D eigenvalue weighted by molar-refractivity contribution is -0.122. The lowest BCUT2D eigenvalue weighted by Crippen LogP contribution is -2.28. The summed E-state index contributed by atoms with van der Waals surface area (Å²) in [6.07, 6.45) is 0.171. The molecule has 1 aliphatic rings. The highest BCUT2D eigenvalue weighted by molar-refractivity contribution is 6.30. The Hall–Kier alpha value is -2.84. The van der Waals surface area contributed by atoms with Gasteiger partial charge in [-0.15, -0.1) is 0 Å². The van der Waals surface area contributed by atoms with Crippen LogP contribution in [0.15, 0.2) is 48.5 Å². The molecule has 0 radical (unpaired) electrons. The van der Waals surface area contributed by atoms with Gasteiger partial charge in [-0.05, 0) is 48.5 Å². The Morgan fingerprint density at radius 2 is 1.83 bits per heavy atom. The normalized spacial score (nSPS) is 16.8. The zero-order valence-electron chi connectivity index (χ0n) is 12.7. The number of hydrogen-bond acceptors (Lipinski definition) is 3. The summed E-state index contributed by atoms with van der Waals surface area (Å²) in [6.45, 7) is 0.336. The number of rotatable bonds is 3. The number of carbonyl (C=O) groups excluding carboxylic acids is 2. The Labute approximate surface area is 144 Å². The summed E-state index contributed by atoms with van der Waals surface area (Å²) in [6, 6.07) is 15.6. The molecule has 2 aromatic rings. The fourth-order valence-electron chi connectivity index (χ4n) is 2.63. The molecule has 1 saturated heterocycles. The van der Waals surface area contributed by atoms with Crippen LogP contribution in [0.5, 0.6) is 0 Å². The van der Waals surface area contributed by atoms with Gasteiger partial charge in [-0.3, -0.25) is 9.59 Å². The van der Waals surface area contributed by atoms with Gasteiger partial charge in [-0.2, -0.15) is 5.26 Å². The third kappa shape index (κ3) is 3.39. The van der Waals surface area contributed by atoms with E-state index in [9.17, 15) is 9.59 Å². The van der Waals surface area contributed by atoms with Crippen LogP contribution in [-0.4, -0.2) is 18.4 Å². The number of hydrogen-bond donors (Lipinski definition) is 1. The average molecular weight is 340 g/mol. The second-order valence-corrected chi connectivity index (χ2v) is 6.00. The van der Waals surface area contributed by atoms with E-state index in [4.69, 9.17) is 16.9 Å². The minimum atomic E-state index is -0.413. The monoisotopic (exact) mass is 339 g/mol. The van der Waals surface area contributed by atoms with Crippen molar-refractivity contribution in [2.45, 2.75) is 6.42 Å². The first-order valence-corrected chi connectivity index (χ1v) is 7.81. The molecule has 0 spiro atoms. The van der Waals surface area contributed by atoms with Crippen molar-refractivity contribution < 1.29 is 9.59 Å². The molecule has 0 aromatic heterocycles. The van der Waals surface area contributed by atoms with Crippen molar-refractivity contribution in [2.75, 3.05) is 16.8 Å². The highest BCUT2D eigenvalue weighted by Crippen LogP contribution is 2.27. The summed E-state index contributed by atoms with van der Waals surface area (Å²) in [5, 5.41) is 12.2. The third-order valence-electron chi connectivity index (χ3n) is 3.92. The highest BCUT2D eigenvalue weighted by atomic mass is 35.5. The maximum absolute atomic E-state index is 12.4. The molecule has 6 heteroatoms. The smallest absolute Gasteiger partial charge is 0.229 e. The van der Waals surface area contributed by atoms with Gasteiger partial charge in [0.05, 0.1) is 17.6 Å². The molecule has 2 amide bonds. The molecule has 0 aliphatic carbocycles. The zero-order chi connectivity index (χ0) is 17.1. The number of amides is 2. The van der Waals surface area contributed by atoms with Crippen LogP contribution in [0.3, 0.4) is 0 Å². The van der Waals surface area contributed by atoms with E-state index in [1.54, 1.807) is 53.4 Å². The van der Waals surface area contributed by atoms with Crippen LogP contribution in [-0.2, 0) is 9.59 Å². The van der Waals surface area contributed by atoms with Crippen molar-refractivity contribution in [2.24, 2.45) is 5.92 Å². The highest BCUT2D eigenvalue weighted by Gasteiger charge is 2.35. The Bertz CT molecular complexity index is 810. The predicted molar refractivity (Wildman–Crippen MR) is 91.7 cm³/mol. The summed E-state index contributed by atoms with van der Waals surface area (Å²) >= 11 is 5.86. The van der Waals surface area contributed by atoms with Crippen LogP contribution in [0.4, 0.5) is 11.4 Å². The number of nitrogens with zero attached hydrogens (tertiary/aromatic N) is 2. The molecule has 1 heterocycles. The molecular formula is C18H14ClN3O2. The van der Waals surface area contributed by atoms with E-state index in [0.29, 0.717) is 22.8 Å². The van der Waals surface area contributed by atoms with Crippen LogP contribution < -0.4 is 10.2 Å². The van der Waals surface area contributed by atoms with Gasteiger partial charge in [0.2, 0.25) is 11.8 Å². The third-order valence-corrected chi connectivity index (χ3v) is 4.17. The van der Waals surface area contributed by atoms with Gasteiger partial charge in [0.25, 0.3) is 0 Å². The maximum Gasteiger partial charge on any atom is 0.229 e. The van der Waals surface area contributed by atoms with E-state index >= 15 is 0 Å². The SMILES string of the molecule is N#Cc1ccc(NC(=O)[C@H]2CC(=O)N(c3ccc(Cl)cc3)C2)cc1. The fraction of sp³-hybridized carbons (Fsp3) is 0.167. The Morgan fingerprint density at radius 3 is 2.46 bits per heavy atom. The van der Waals surface area contributed by atoms with Crippen molar-refractivity contribution >= 4 is 34.8 Å². The van der Waals surface area contributed by atoms with E-state index < -0.39 is 5.92 Å². The fourth-order valence-corrected chi connectivity index (χ4v) is 2.75. The van der Waals surface area contributed by atoms with Crippen LogP contribution >= 0.6 is 11.6 Å². The summed E-state index contributed by atoms with van der Waals surface area (Å²) in [7, 11) is 0. The van der Waals surface area contributed by atoms with Gasteiger partial charge in [-0.25, -0.2) is 0 Å². The first-order chi connectivity index (χ1) is 11.6. The zero-order valence-corrected chi connectivity index (χ0v) is 13.5. The molecule has 1 atom stereocenters. The largest absolute Gasteiger partial charge is 0.326 e. The van der Waals surface area contributed by atoms with Gasteiger partial charge in [0.1, 0.15) is 0 Å². The predicted octanol–water partition coefficient (Wildman–Crippen LogP) is 3.20. The van der Waals surface area contributed by atoms with E-state index in [1.807, 2.05) is 6.07 Å². The summed E-state index contributed by atoms with van der Waals surface area (Å²) in [4.78, 5) is 26.2. The van der Waals surface area contributed by atoms with Gasteiger partial charge in [0, 0.05) is 29.4 Å². The molecule has 0 bridgehead atoms.